The molecule has 0 amide bonds. The third-order valence-corrected chi connectivity index (χ3v) is 3.41. The van der Waals surface area contributed by atoms with Gasteiger partial charge in [0.2, 0.25) is 5.82 Å². The summed E-state index contributed by atoms with van der Waals surface area (Å²) in [6.45, 7) is 0. The van der Waals surface area contributed by atoms with Crippen molar-refractivity contribution >= 4 is 5.82 Å². The first-order valence-electron chi connectivity index (χ1n) is 6.60. The molecule has 1 aliphatic heterocycles. The van der Waals surface area contributed by atoms with Gasteiger partial charge >= 0.3 is 0 Å². The second kappa shape index (κ2) is 4.59. The molecule has 0 saturated heterocycles. The van der Waals surface area contributed by atoms with E-state index < -0.39 is 0 Å². The van der Waals surface area contributed by atoms with E-state index in [1.165, 1.54) is 0 Å². The molecular formula is C15H12N4O2. The van der Waals surface area contributed by atoms with Gasteiger partial charge in [-0.05, 0) is 23.8 Å². The highest BCUT2D eigenvalue weighted by Gasteiger charge is 2.28. The summed E-state index contributed by atoms with van der Waals surface area (Å²) in [4.78, 5) is 8.41. The zero-order valence-electron chi connectivity index (χ0n) is 11.1. The third-order valence-electron chi connectivity index (χ3n) is 3.41. The minimum Gasteiger partial charge on any atom is -0.482 e. The van der Waals surface area contributed by atoms with Crippen LogP contribution in [0, 0.1) is 0 Å². The lowest BCUT2D eigenvalue weighted by Crippen LogP contribution is -2.05. The summed E-state index contributed by atoms with van der Waals surface area (Å²) in [5, 5.41) is 4.01. The normalized spacial score (nSPS) is 16.5. The summed E-state index contributed by atoms with van der Waals surface area (Å²) in [7, 11) is 0. The number of ether oxygens (including phenoxy) is 1. The number of para-hydroxylation sites is 1. The lowest BCUT2D eigenvalue weighted by Gasteiger charge is -2.04. The molecule has 6 nitrogen and oxygen atoms in total. The van der Waals surface area contributed by atoms with Crippen molar-refractivity contribution in [2.24, 2.45) is 0 Å². The van der Waals surface area contributed by atoms with E-state index >= 15 is 0 Å². The van der Waals surface area contributed by atoms with Crippen LogP contribution >= 0.6 is 0 Å². The quantitative estimate of drug-likeness (QED) is 0.775. The largest absolute Gasteiger partial charge is 0.482 e. The summed E-state index contributed by atoms with van der Waals surface area (Å²) >= 11 is 0. The number of nitrogen functional groups attached to an aromatic ring is 1. The second-order valence-corrected chi connectivity index (χ2v) is 4.85. The minimum absolute atomic E-state index is 0.207. The van der Waals surface area contributed by atoms with Crippen LogP contribution in [-0.4, -0.2) is 15.1 Å². The predicted molar refractivity (Wildman–Crippen MR) is 75.5 cm³/mol. The zero-order valence-corrected chi connectivity index (χ0v) is 11.1. The molecule has 0 saturated carbocycles. The van der Waals surface area contributed by atoms with Gasteiger partial charge in [-0.2, -0.15) is 4.98 Å². The molecule has 1 atom stereocenters. The van der Waals surface area contributed by atoms with E-state index in [1.54, 1.807) is 18.3 Å². The van der Waals surface area contributed by atoms with Crippen molar-refractivity contribution < 1.29 is 9.26 Å². The van der Waals surface area contributed by atoms with E-state index in [4.69, 9.17) is 15.0 Å². The number of fused-ring (bicyclic) bond motifs is 1. The van der Waals surface area contributed by atoms with Crippen molar-refractivity contribution in [1.29, 1.82) is 0 Å². The molecule has 1 aliphatic rings. The van der Waals surface area contributed by atoms with Crippen LogP contribution in [0.2, 0.25) is 0 Å². The van der Waals surface area contributed by atoms with Crippen molar-refractivity contribution in [3.63, 3.8) is 0 Å². The number of hydrogen-bond donors (Lipinski definition) is 1. The fourth-order valence-corrected chi connectivity index (χ4v) is 2.34. The fourth-order valence-electron chi connectivity index (χ4n) is 2.34. The van der Waals surface area contributed by atoms with Crippen molar-refractivity contribution in [3.8, 4) is 17.2 Å². The molecule has 104 valence electrons. The van der Waals surface area contributed by atoms with Gasteiger partial charge in [0, 0.05) is 12.6 Å². The van der Waals surface area contributed by atoms with Gasteiger partial charge in [0.25, 0.3) is 5.89 Å². The maximum absolute atomic E-state index is 5.84. The summed E-state index contributed by atoms with van der Waals surface area (Å²) < 4.78 is 11.1. The Hall–Kier alpha value is -2.89. The van der Waals surface area contributed by atoms with E-state index in [-0.39, 0.29) is 6.10 Å². The summed E-state index contributed by atoms with van der Waals surface area (Å²) in [6.07, 6.45) is 2.15. The summed E-state index contributed by atoms with van der Waals surface area (Å²) in [6, 6.07) is 11.4. The first kappa shape index (κ1) is 11.9. The highest BCUT2D eigenvalue weighted by Crippen LogP contribution is 2.35. The number of benzene rings is 1. The van der Waals surface area contributed by atoms with E-state index in [2.05, 4.69) is 15.1 Å². The van der Waals surface area contributed by atoms with Crippen molar-refractivity contribution in [2.75, 3.05) is 5.73 Å². The maximum atomic E-state index is 5.84. The van der Waals surface area contributed by atoms with Gasteiger partial charge in [-0.3, -0.25) is 0 Å². The maximum Gasteiger partial charge on any atom is 0.259 e. The average molecular weight is 280 g/mol. The van der Waals surface area contributed by atoms with Gasteiger partial charge in [-0.15, -0.1) is 0 Å². The molecule has 0 spiro atoms. The average Bonchev–Trinajstić information content (AvgIpc) is 3.14. The van der Waals surface area contributed by atoms with Crippen LogP contribution in [0.3, 0.4) is 0 Å². The Morgan fingerprint density at radius 3 is 2.86 bits per heavy atom. The van der Waals surface area contributed by atoms with Crippen LogP contribution in [-0.2, 0) is 6.42 Å². The van der Waals surface area contributed by atoms with Crippen LogP contribution < -0.4 is 10.5 Å². The standard InChI is InChI=1S/C15H12N4O2/c16-13-6-5-10(8-17-13)15-18-14(19-21-15)12-7-9-3-1-2-4-11(9)20-12/h1-6,8,12H,7H2,(H2,16,17). The zero-order chi connectivity index (χ0) is 14.2. The summed E-state index contributed by atoms with van der Waals surface area (Å²) in [5.41, 5.74) is 7.45. The van der Waals surface area contributed by atoms with Gasteiger partial charge in [0.05, 0.1) is 5.56 Å². The van der Waals surface area contributed by atoms with Gasteiger partial charge in [0.15, 0.2) is 6.10 Å². The molecule has 0 bridgehead atoms. The van der Waals surface area contributed by atoms with Crippen molar-refractivity contribution in [3.05, 3.63) is 54.0 Å². The number of pyridine rings is 1. The number of hydrogen-bond acceptors (Lipinski definition) is 6. The lowest BCUT2D eigenvalue weighted by atomic mass is 10.1. The molecule has 21 heavy (non-hydrogen) atoms. The second-order valence-electron chi connectivity index (χ2n) is 4.85. The first-order chi connectivity index (χ1) is 10.3. The molecular weight excluding hydrogens is 268 g/mol. The van der Waals surface area contributed by atoms with Gasteiger partial charge in [0.1, 0.15) is 11.6 Å². The van der Waals surface area contributed by atoms with Gasteiger partial charge in [-0.25, -0.2) is 4.98 Å². The SMILES string of the molecule is Nc1ccc(-c2nc(C3Cc4ccccc4O3)no2)cn1. The molecule has 0 radical (unpaired) electrons. The van der Waals surface area contributed by atoms with Gasteiger partial charge in [-0.1, -0.05) is 23.4 Å². The molecule has 1 unspecified atom stereocenters. The third kappa shape index (κ3) is 2.10. The Morgan fingerprint density at radius 2 is 2.05 bits per heavy atom. The van der Waals surface area contributed by atoms with Crippen molar-refractivity contribution in [1.82, 2.24) is 15.1 Å². The van der Waals surface area contributed by atoms with Crippen LogP contribution in [0.5, 0.6) is 5.75 Å². The molecule has 1 aromatic carbocycles. The topological polar surface area (TPSA) is 87.1 Å². The smallest absolute Gasteiger partial charge is 0.259 e. The molecule has 4 rings (SSSR count). The number of rotatable bonds is 2. The Labute approximate surface area is 120 Å². The van der Waals surface area contributed by atoms with Gasteiger partial charge < -0.3 is 15.0 Å². The molecule has 0 fully saturated rings. The Kier molecular flexibility index (Phi) is 2.60. The molecule has 2 aromatic heterocycles. The Balaban J connectivity index is 1.60. The van der Waals surface area contributed by atoms with Crippen LogP contribution in [0.4, 0.5) is 5.82 Å². The number of nitrogens with two attached hydrogens (primary N) is 1. The molecule has 0 aliphatic carbocycles. The molecule has 3 heterocycles. The summed E-state index contributed by atoms with van der Waals surface area (Å²) in [5.74, 6) is 2.28. The van der Waals surface area contributed by atoms with Crippen molar-refractivity contribution in [2.45, 2.75) is 12.5 Å². The number of anilines is 1. The number of aromatic nitrogens is 3. The first-order valence-corrected chi connectivity index (χ1v) is 6.60. The van der Waals surface area contributed by atoms with E-state index in [0.717, 1.165) is 23.3 Å². The molecule has 2 N–H and O–H groups in total. The van der Waals surface area contributed by atoms with E-state index in [9.17, 15) is 0 Å². The highest BCUT2D eigenvalue weighted by molar-refractivity contribution is 5.53. The van der Waals surface area contributed by atoms with Crippen LogP contribution in [0.25, 0.3) is 11.5 Å². The number of nitrogens with zero attached hydrogens (tertiary/aromatic N) is 3. The Morgan fingerprint density at radius 1 is 1.14 bits per heavy atom. The fraction of sp³-hybridized carbons (Fsp3) is 0.133. The predicted octanol–water partition coefficient (Wildman–Crippen LogP) is 2.39. The molecule has 6 heteroatoms. The Bertz CT molecular complexity index is 757. The van der Waals surface area contributed by atoms with Crippen LogP contribution in [0.1, 0.15) is 17.5 Å². The van der Waals surface area contributed by atoms with E-state index in [1.807, 2.05) is 24.3 Å². The lowest BCUT2D eigenvalue weighted by molar-refractivity contribution is 0.221. The monoisotopic (exact) mass is 280 g/mol. The minimum atomic E-state index is -0.207. The molecule has 3 aromatic rings. The van der Waals surface area contributed by atoms with E-state index in [0.29, 0.717) is 17.5 Å². The van der Waals surface area contributed by atoms with Crippen LogP contribution in [0.15, 0.2) is 47.1 Å². The highest BCUT2D eigenvalue weighted by atomic mass is 16.5.